The SMILES string of the molecule is CCC(CC)(c1ccc(O)c(C)c1)c1ccc(C2C=CC(C)(C)C(O)=C2)c(C)c1. The molecule has 0 bridgehead atoms. The lowest BCUT2D eigenvalue weighted by molar-refractivity contribution is 0.295. The molecule has 0 saturated heterocycles. The summed E-state index contributed by atoms with van der Waals surface area (Å²) in [6, 6.07) is 12.8. The molecular formula is C27H34O2. The molecule has 0 radical (unpaired) electrons. The van der Waals surface area contributed by atoms with Gasteiger partial charge in [0.05, 0.1) is 5.76 Å². The lowest BCUT2D eigenvalue weighted by Gasteiger charge is -2.34. The van der Waals surface area contributed by atoms with Crippen LogP contribution >= 0.6 is 0 Å². The molecule has 0 aromatic heterocycles. The van der Waals surface area contributed by atoms with Crippen LogP contribution in [0.5, 0.6) is 5.75 Å². The van der Waals surface area contributed by atoms with Crippen LogP contribution in [-0.2, 0) is 5.41 Å². The highest BCUT2D eigenvalue weighted by Gasteiger charge is 2.32. The first-order chi connectivity index (χ1) is 13.6. The largest absolute Gasteiger partial charge is 0.512 e. The molecule has 1 aliphatic carbocycles. The van der Waals surface area contributed by atoms with Crippen molar-refractivity contribution >= 4 is 0 Å². The first-order valence-corrected chi connectivity index (χ1v) is 10.7. The van der Waals surface area contributed by atoms with Gasteiger partial charge in [-0.15, -0.1) is 0 Å². The number of benzene rings is 2. The molecule has 1 unspecified atom stereocenters. The number of aromatic hydroxyl groups is 1. The van der Waals surface area contributed by atoms with E-state index in [1.54, 1.807) is 0 Å². The molecule has 2 aromatic rings. The zero-order chi connectivity index (χ0) is 21.4. The van der Waals surface area contributed by atoms with Crippen molar-refractivity contribution in [2.75, 3.05) is 0 Å². The number of rotatable bonds is 5. The van der Waals surface area contributed by atoms with E-state index in [0.29, 0.717) is 11.5 Å². The molecule has 2 nitrogen and oxygen atoms in total. The Morgan fingerprint density at radius 3 is 2.00 bits per heavy atom. The fourth-order valence-electron chi connectivity index (χ4n) is 4.60. The van der Waals surface area contributed by atoms with E-state index >= 15 is 0 Å². The Hall–Kier alpha value is -2.48. The summed E-state index contributed by atoms with van der Waals surface area (Å²) in [7, 11) is 0. The van der Waals surface area contributed by atoms with Crippen molar-refractivity contribution in [1.82, 2.24) is 0 Å². The van der Waals surface area contributed by atoms with Crippen LogP contribution in [0, 0.1) is 19.3 Å². The lowest BCUT2D eigenvalue weighted by Crippen LogP contribution is -2.26. The van der Waals surface area contributed by atoms with Gasteiger partial charge < -0.3 is 10.2 Å². The van der Waals surface area contributed by atoms with Crippen LogP contribution in [0.1, 0.15) is 74.3 Å². The van der Waals surface area contributed by atoms with E-state index in [4.69, 9.17) is 0 Å². The first-order valence-electron chi connectivity index (χ1n) is 10.7. The van der Waals surface area contributed by atoms with Crippen LogP contribution in [0.4, 0.5) is 0 Å². The smallest absolute Gasteiger partial charge is 0.118 e. The molecule has 1 aliphatic rings. The van der Waals surface area contributed by atoms with Crippen LogP contribution in [0.25, 0.3) is 0 Å². The quantitative estimate of drug-likeness (QED) is 0.528. The minimum atomic E-state index is -0.291. The van der Waals surface area contributed by atoms with Crippen LogP contribution in [-0.4, -0.2) is 10.2 Å². The predicted octanol–water partition coefficient (Wildman–Crippen LogP) is 7.24. The molecule has 2 N–H and O–H groups in total. The van der Waals surface area contributed by atoms with E-state index in [1.165, 1.54) is 22.3 Å². The summed E-state index contributed by atoms with van der Waals surface area (Å²) < 4.78 is 0. The highest BCUT2D eigenvalue weighted by atomic mass is 16.3. The molecule has 2 aromatic carbocycles. The number of aliphatic hydroxyl groups excluding tert-OH is 1. The Labute approximate surface area is 175 Å². The predicted molar refractivity (Wildman–Crippen MR) is 122 cm³/mol. The third-order valence-corrected chi connectivity index (χ3v) is 6.86. The summed E-state index contributed by atoms with van der Waals surface area (Å²) in [4.78, 5) is 0. The second-order valence-corrected chi connectivity index (χ2v) is 9.02. The average Bonchev–Trinajstić information content (AvgIpc) is 2.68. The number of allylic oxidation sites excluding steroid dienone is 3. The molecule has 3 rings (SSSR count). The molecule has 0 spiro atoms. The van der Waals surface area contributed by atoms with Gasteiger partial charge in [-0.05, 0) is 80.5 Å². The van der Waals surface area contributed by atoms with Gasteiger partial charge in [0, 0.05) is 16.7 Å². The summed E-state index contributed by atoms with van der Waals surface area (Å²) in [6.07, 6.45) is 8.24. The second-order valence-electron chi connectivity index (χ2n) is 9.02. The lowest BCUT2D eigenvalue weighted by atomic mass is 9.69. The normalized spacial score (nSPS) is 18.6. The first kappa shape index (κ1) is 21.2. The van der Waals surface area contributed by atoms with E-state index in [-0.39, 0.29) is 16.7 Å². The molecule has 0 saturated carbocycles. The summed E-state index contributed by atoms with van der Waals surface area (Å²) in [6.45, 7) is 12.6. The Balaban J connectivity index is 2.04. The van der Waals surface area contributed by atoms with Crippen molar-refractivity contribution in [3.05, 3.63) is 88.2 Å². The summed E-state index contributed by atoms with van der Waals surface area (Å²) >= 11 is 0. The van der Waals surface area contributed by atoms with Gasteiger partial charge in [-0.1, -0.05) is 56.3 Å². The van der Waals surface area contributed by atoms with E-state index in [9.17, 15) is 10.2 Å². The Kier molecular flexibility index (Phi) is 5.67. The maximum absolute atomic E-state index is 10.4. The van der Waals surface area contributed by atoms with Gasteiger partial charge in [-0.3, -0.25) is 0 Å². The minimum absolute atomic E-state index is 0.0792. The van der Waals surface area contributed by atoms with Crippen LogP contribution in [0.15, 0.2) is 60.4 Å². The Bertz CT molecular complexity index is 958. The number of aliphatic hydroxyl groups is 1. The van der Waals surface area contributed by atoms with Crippen molar-refractivity contribution < 1.29 is 10.2 Å². The van der Waals surface area contributed by atoms with Gasteiger partial charge in [0.25, 0.3) is 0 Å². The maximum Gasteiger partial charge on any atom is 0.118 e. The van der Waals surface area contributed by atoms with E-state index in [0.717, 1.165) is 18.4 Å². The Morgan fingerprint density at radius 1 is 0.897 bits per heavy atom. The van der Waals surface area contributed by atoms with Crippen molar-refractivity contribution in [3.63, 3.8) is 0 Å². The molecule has 154 valence electrons. The second kappa shape index (κ2) is 7.74. The van der Waals surface area contributed by atoms with E-state index < -0.39 is 0 Å². The summed E-state index contributed by atoms with van der Waals surface area (Å²) in [5.41, 5.74) is 5.57. The molecule has 0 aliphatic heterocycles. The van der Waals surface area contributed by atoms with Crippen LogP contribution in [0.2, 0.25) is 0 Å². The van der Waals surface area contributed by atoms with Gasteiger partial charge in [-0.25, -0.2) is 0 Å². The standard InChI is InChI=1S/C27H34O2/c1-7-27(8-2,22-10-12-24(28)19(4)16-22)21-9-11-23(18(3)15-21)20-13-14-26(5,6)25(29)17-20/h9-17,20,28-29H,7-8H2,1-6H3. The number of aryl methyl sites for hydroxylation is 2. The molecule has 1 atom stereocenters. The molecule has 0 fully saturated rings. The average molecular weight is 391 g/mol. The Morgan fingerprint density at radius 2 is 1.48 bits per heavy atom. The molecule has 0 heterocycles. The van der Waals surface area contributed by atoms with Crippen molar-refractivity contribution in [1.29, 1.82) is 0 Å². The van der Waals surface area contributed by atoms with Crippen molar-refractivity contribution in [2.24, 2.45) is 5.41 Å². The minimum Gasteiger partial charge on any atom is -0.512 e. The fraction of sp³-hybridized carbons (Fsp3) is 0.407. The van der Waals surface area contributed by atoms with Gasteiger partial charge in [0.2, 0.25) is 0 Å². The zero-order valence-electron chi connectivity index (χ0n) is 18.6. The van der Waals surface area contributed by atoms with Crippen LogP contribution < -0.4 is 0 Å². The molecule has 29 heavy (non-hydrogen) atoms. The summed E-state index contributed by atoms with van der Waals surface area (Å²) in [5, 5.41) is 20.4. The zero-order valence-corrected chi connectivity index (χ0v) is 18.6. The number of hydrogen-bond donors (Lipinski definition) is 2. The topological polar surface area (TPSA) is 40.5 Å². The van der Waals surface area contributed by atoms with Gasteiger partial charge >= 0.3 is 0 Å². The van der Waals surface area contributed by atoms with Gasteiger partial charge in [-0.2, -0.15) is 0 Å². The third-order valence-electron chi connectivity index (χ3n) is 6.86. The monoisotopic (exact) mass is 390 g/mol. The molecule has 0 amide bonds. The number of phenols is 1. The summed E-state index contributed by atoms with van der Waals surface area (Å²) in [5.74, 6) is 0.884. The number of hydrogen-bond acceptors (Lipinski definition) is 2. The van der Waals surface area contributed by atoms with Crippen LogP contribution in [0.3, 0.4) is 0 Å². The fourth-order valence-corrected chi connectivity index (χ4v) is 4.60. The number of phenolic OH excluding ortho intramolecular Hbond substituents is 1. The van der Waals surface area contributed by atoms with Crippen molar-refractivity contribution in [3.8, 4) is 5.75 Å². The van der Waals surface area contributed by atoms with Crippen molar-refractivity contribution in [2.45, 2.75) is 65.7 Å². The van der Waals surface area contributed by atoms with Gasteiger partial charge in [0.15, 0.2) is 0 Å². The van der Waals surface area contributed by atoms with E-state index in [2.05, 4.69) is 63.3 Å². The molecule has 2 heteroatoms. The highest BCUT2D eigenvalue weighted by molar-refractivity contribution is 5.48. The van der Waals surface area contributed by atoms with E-state index in [1.807, 2.05) is 32.9 Å². The molecular weight excluding hydrogens is 356 g/mol. The highest BCUT2D eigenvalue weighted by Crippen LogP contribution is 2.42. The third kappa shape index (κ3) is 3.73. The van der Waals surface area contributed by atoms with Gasteiger partial charge in [0.1, 0.15) is 5.75 Å². The maximum atomic E-state index is 10.4.